The second-order valence-corrected chi connectivity index (χ2v) is 8.61. The fourth-order valence-corrected chi connectivity index (χ4v) is 4.32. The molecule has 0 radical (unpaired) electrons. The van der Waals surface area contributed by atoms with E-state index in [1.807, 2.05) is 32.9 Å². The molecule has 1 heterocycles. The van der Waals surface area contributed by atoms with E-state index < -0.39 is 6.72 Å². The highest BCUT2D eigenvalue weighted by molar-refractivity contribution is 8.07. The number of aromatic nitrogens is 2. The van der Waals surface area contributed by atoms with Crippen LogP contribution in [0.2, 0.25) is 5.02 Å². The number of halogens is 1. The average molecular weight is 417 g/mol. The molecular weight excluding hydrogens is 395 g/mol. The maximum Gasteiger partial charge on any atom is 0.381 e. The van der Waals surface area contributed by atoms with Crippen LogP contribution in [0.25, 0.3) is 11.4 Å². The van der Waals surface area contributed by atoms with Gasteiger partial charge >= 0.3 is 6.72 Å². The van der Waals surface area contributed by atoms with Crippen LogP contribution < -0.4 is 4.52 Å². The lowest BCUT2D eigenvalue weighted by atomic mass is 10.2. The van der Waals surface area contributed by atoms with Crippen molar-refractivity contribution in [1.29, 1.82) is 0 Å². The maximum atomic E-state index is 5.97. The molecule has 0 saturated carbocycles. The molecule has 0 bridgehead atoms. The van der Waals surface area contributed by atoms with Crippen LogP contribution in [0.15, 0.2) is 24.3 Å². The van der Waals surface area contributed by atoms with Gasteiger partial charge in [0.15, 0.2) is 5.82 Å². The molecule has 26 heavy (non-hydrogen) atoms. The van der Waals surface area contributed by atoms with Gasteiger partial charge in [-0.2, -0.15) is 4.98 Å². The van der Waals surface area contributed by atoms with Crippen molar-refractivity contribution in [2.75, 3.05) is 20.3 Å². The molecule has 0 saturated heterocycles. The molecule has 9 heteroatoms. The molecule has 2 rings (SSSR count). The van der Waals surface area contributed by atoms with Gasteiger partial charge in [0.1, 0.15) is 0 Å². The molecule has 0 aliphatic carbocycles. The van der Waals surface area contributed by atoms with E-state index in [0.29, 0.717) is 42.2 Å². The topological polar surface area (TPSA) is 62.7 Å². The first kappa shape index (κ1) is 21.2. The predicted octanol–water partition coefficient (Wildman–Crippen LogP) is 4.93. The van der Waals surface area contributed by atoms with E-state index in [2.05, 4.69) is 9.97 Å². The van der Waals surface area contributed by atoms with Crippen LogP contribution in [0.1, 0.15) is 25.1 Å². The van der Waals surface area contributed by atoms with Crippen LogP contribution in [0, 0.1) is 6.92 Å². The third-order valence-corrected chi connectivity index (χ3v) is 6.01. The highest BCUT2D eigenvalue weighted by atomic mass is 35.5. The van der Waals surface area contributed by atoms with Crippen LogP contribution in [0.5, 0.6) is 5.88 Å². The Labute approximate surface area is 164 Å². The average Bonchev–Trinajstić information content (AvgIpc) is 2.59. The molecule has 2 aromatic rings. The number of benzene rings is 1. The monoisotopic (exact) mass is 416 g/mol. The van der Waals surface area contributed by atoms with Gasteiger partial charge in [0, 0.05) is 35.1 Å². The van der Waals surface area contributed by atoms with Crippen LogP contribution in [-0.2, 0) is 32.2 Å². The summed E-state index contributed by atoms with van der Waals surface area (Å²) >= 11 is 11.4. The van der Waals surface area contributed by atoms with Crippen molar-refractivity contribution in [3.63, 3.8) is 0 Å². The van der Waals surface area contributed by atoms with E-state index in [1.54, 1.807) is 19.2 Å². The first-order chi connectivity index (χ1) is 12.4. The Hall–Kier alpha value is -1.08. The molecule has 6 nitrogen and oxygen atoms in total. The molecule has 1 aromatic carbocycles. The SMILES string of the molecule is CCOP(=S)(OCC)Oc1nc(-c2ccc(Cl)cc2)nc(COC)c1C. The van der Waals surface area contributed by atoms with E-state index in [0.717, 1.165) is 11.1 Å². The second-order valence-electron chi connectivity index (χ2n) is 5.24. The molecule has 0 atom stereocenters. The number of nitrogens with zero attached hydrogens (tertiary/aromatic N) is 2. The van der Waals surface area contributed by atoms with Crippen LogP contribution in [-0.4, -0.2) is 30.3 Å². The summed E-state index contributed by atoms with van der Waals surface area (Å²) in [6, 6.07) is 7.24. The number of methoxy groups -OCH3 is 1. The molecule has 0 N–H and O–H groups in total. The Morgan fingerprint density at radius 3 is 2.23 bits per heavy atom. The molecule has 142 valence electrons. The minimum Gasteiger partial charge on any atom is -0.405 e. The molecule has 0 aliphatic heterocycles. The molecule has 0 amide bonds. The zero-order valence-corrected chi connectivity index (χ0v) is 17.7. The van der Waals surface area contributed by atoms with Crippen molar-refractivity contribution < 1.29 is 18.3 Å². The first-order valence-corrected chi connectivity index (χ1v) is 11.1. The van der Waals surface area contributed by atoms with Crippen molar-refractivity contribution in [3.8, 4) is 17.3 Å². The summed E-state index contributed by atoms with van der Waals surface area (Å²) in [6.07, 6.45) is 0. The molecule has 0 spiro atoms. The minimum atomic E-state index is -2.95. The van der Waals surface area contributed by atoms with E-state index in [-0.39, 0.29) is 0 Å². The van der Waals surface area contributed by atoms with E-state index in [4.69, 9.17) is 41.7 Å². The molecular formula is C17H22ClN2O4PS. The van der Waals surface area contributed by atoms with Gasteiger partial charge < -0.3 is 9.26 Å². The van der Waals surface area contributed by atoms with Gasteiger partial charge in [-0.1, -0.05) is 11.6 Å². The lowest BCUT2D eigenvalue weighted by Crippen LogP contribution is -2.08. The highest BCUT2D eigenvalue weighted by Gasteiger charge is 2.25. The molecule has 0 fully saturated rings. The van der Waals surface area contributed by atoms with Crippen LogP contribution in [0.4, 0.5) is 0 Å². The van der Waals surface area contributed by atoms with Crippen molar-refractivity contribution in [3.05, 3.63) is 40.5 Å². The summed E-state index contributed by atoms with van der Waals surface area (Å²) in [5.74, 6) is 0.825. The van der Waals surface area contributed by atoms with Gasteiger partial charge in [-0.3, -0.25) is 9.05 Å². The van der Waals surface area contributed by atoms with Gasteiger partial charge in [-0.25, -0.2) is 4.98 Å². The van der Waals surface area contributed by atoms with Crippen LogP contribution >= 0.6 is 18.3 Å². The minimum absolute atomic E-state index is 0.317. The van der Waals surface area contributed by atoms with Gasteiger partial charge in [-0.15, -0.1) is 0 Å². The highest BCUT2D eigenvalue weighted by Crippen LogP contribution is 2.50. The Bertz CT molecular complexity index is 779. The predicted molar refractivity (Wildman–Crippen MR) is 106 cm³/mol. The third-order valence-electron chi connectivity index (χ3n) is 3.36. The fourth-order valence-electron chi connectivity index (χ4n) is 2.15. The summed E-state index contributed by atoms with van der Waals surface area (Å²) < 4.78 is 22.3. The first-order valence-electron chi connectivity index (χ1n) is 8.13. The van der Waals surface area contributed by atoms with E-state index in [9.17, 15) is 0 Å². The molecule has 0 aliphatic rings. The smallest absolute Gasteiger partial charge is 0.381 e. The van der Waals surface area contributed by atoms with Gasteiger partial charge in [0.05, 0.1) is 25.5 Å². The summed E-state index contributed by atoms with van der Waals surface area (Å²) in [5.41, 5.74) is 2.24. The quantitative estimate of drug-likeness (QED) is 0.537. The van der Waals surface area contributed by atoms with Gasteiger partial charge in [0.2, 0.25) is 5.88 Å². The van der Waals surface area contributed by atoms with Crippen molar-refractivity contribution in [2.45, 2.75) is 27.4 Å². The molecule has 1 aromatic heterocycles. The zero-order valence-electron chi connectivity index (χ0n) is 15.2. The number of hydrogen-bond donors (Lipinski definition) is 0. The fraction of sp³-hybridized carbons (Fsp3) is 0.412. The third kappa shape index (κ3) is 5.46. The van der Waals surface area contributed by atoms with Crippen molar-refractivity contribution in [2.24, 2.45) is 0 Å². The standard InChI is InChI=1S/C17H22ClN2O4PS/c1-5-22-25(26,23-6-2)24-17-12(3)15(11-21-4)19-16(20-17)13-7-9-14(18)10-8-13/h7-10H,5-6,11H2,1-4H3. The Morgan fingerprint density at radius 1 is 1.08 bits per heavy atom. The van der Waals surface area contributed by atoms with E-state index in [1.165, 1.54) is 0 Å². The Morgan fingerprint density at radius 2 is 1.69 bits per heavy atom. The van der Waals surface area contributed by atoms with Gasteiger partial charge in [-0.05, 0) is 45.0 Å². The summed E-state index contributed by atoms with van der Waals surface area (Å²) in [7, 11) is 1.61. The Balaban J connectivity index is 2.49. The zero-order chi connectivity index (χ0) is 19.2. The van der Waals surface area contributed by atoms with Gasteiger partial charge in [0.25, 0.3) is 0 Å². The summed E-state index contributed by atoms with van der Waals surface area (Å²) in [4.78, 5) is 9.12. The van der Waals surface area contributed by atoms with Crippen molar-refractivity contribution >= 4 is 30.1 Å². The number of hydrogen-bond acceptors (Lipinski definition) is 7. The largest absolute Gasteiger partial charge is 0.405 e. The maximum absolute atomic E-state index is 5.97. The molecule has 0 unspecified atom stereocenters. The number of rotatable bonds is 9. The summed E-state index contributed by atoms with van der Waals surface area (Å²) in [5, 5.41) is 0.637. The summed E-state index contributed by atoms with van der Waals surface area (Å²) in [6.45, 7) is 3.67. The Kier molecular flexibility index (Phi) is 7.95. The number of ether oxygens (including phenoxy) is 1. The lowest BCUT2D eigenvalue weighted by Gasteiger charge is -2.22. The second kappa shape index (κ2) is 9.74. The lowest BCUT2D eigenvalue weighted by molar-refractivity contribution is 0.180. The normalized spacial score (nSPS) is 11.6. The van der Waals surface area contributed by atoms with Crippen molar-refractivity contribution in [1.82, 2.24) is 9.97 Å². The van der Waals surface area contributed by atoms with E-state index >= 15 is 0 Å². The van der Waals surface area contributed by atoms with Crippen LogP contribution in [0.3, 0.4) is 0 Å².